The lowest BCUT2D eigenvalue weighted by Gasteiger charge is -2.25. The number of rotatable bonds is 3. The van der Waals surface area contributed by atoms with Gasteiger partial charge in [0, 0.05) is 10.9 Å². The highest BCUT2D eigenvalue weighted by molar-refractivity contribution is 7.10. The number of carbonyl (C=O) groups is 1. The summed E-state index contributed by atoms with van der Waals surface area (Å²) < 4.78 is 0. The lowest BCUT2D eigenvalue weighted by molar-refractivity contribution is 0.0904. The summed E-state index contributed by atoms with van der Waals surface area (Å²) in [6.45, 7) is 4.52. The molecule has 0 saturated heterocycles. The van der Waals surface area contributed by atoms with Gasteiger partial charge in [-0.05, 0) is 38.7 Å². The minimum Gasteiger partial charge on any atom is -0.347 e. The zero-order chi connectivity index (χ0) is 13.2. The van der Waals surface area contributed by atoms with E-state index in [-0.39, 0.29) is 11.4 Å². The monoisotopic (exact) mass is 262 g/mol. The predicted molar refractivity (Wildman–Crippen MR) is 74.5 cm³/mol. The molecule has 0 aromatic carbocycles. The standard InChI is InChI=1S/C14H18N2OS/c1-14(2,11-5-6-11)16-13(17)10-8-12(18-9-10)4-3-7-15/h8-9,11H,5-7,15H2,1-2H3,(H,16,17). The molecule has 1 aromatic heterocycles. The smallest absolute Gasteiger partial charge is 0.252 e. The van der Waals surface area contributed by atoms with E-state index in [2.05, 4.69) is 31.0 Å². The highest BCUT2D eigenvalue weighted by Gasteiger charge is 2.38. The van der Waals surface area contributed by atoms with E-state index in [1.807, 2.05) is 11.4 Å². The summed E-state index contributed by atoms with van der Waals surface area (Å²) in [5.74, 6) is 6.34. The number of thiophene rings is 1. The largest absolute Gasteiger partial charge is 0.347 e. The third kappa shape index (κ3) is 3.12. The van der Waals surface area contributed by atoms with Gasteiger partial charge in [-0.2, -0.15) is 0 Å². The zero-order valence-corrected chi connectivity index (χ0v) is 11.6. The molecule has 4 heteroatoms. The van der Waals surface area contributed by atoms with E-state index in [1.165, 1.54) is 24.2 Å². The number of hydrogen-bond acceptors (Lipinski definition) is 3. The Labute approximate surface area is 112 Å². The third-order valence-electron chi connectivity index (χ3n) is 3.21. The molecule has 96 valence electrons. The molecule has 1 amide bonds. The molecule has 1 heterocycles. The lowest BCUT2D eigenvalue weighted by atomic mass is 9.98. The topological polar surface area (TPSA) is 55.1 Å². The van der Waals surface area contributed by atoms with Gasteiger partial charge in [0.15, 0.2) is 0 Å². The van der Waals surface area contributed by atoms with Crippen molar-refractivity contribution in [2.24, 2.45) is 11.7 Å². The molecular weight excluding hydrogens is 244 g/mol. The summed E-state index contributed by atoms with van der Waals surface area (Å²) >= 11 is 1.48. The van der Waals surface area contributed by atoms with Gasteiger partial charge in [0.1, 0.15) is 0 Å². The average molecular weight is 262 g/mol. The molecule has 1 aromatic rings. The molecule has 0 bridgehead atoms. The van der Waals surface area contributed by atoms with Gasteiger partial charge in [0.2, 0.25) is 0 Å². The maximum Gasteiger partial charge on any atom is 0.252 e. The van der Waals surface area contributed by atoms with E-state index in [0.29, 0.717) is 18.0 Å². The van der Waals surface area contributed by atoms with Crippen LogP contribution in [-0.2, 0) is 0 Å². The fourth-order valence-corrected chi connectivity index (χ4v) is 2.69. The molecule has 1 saturated carbocycles. The van der Waals surface area contributed by atoms with Crippen LogP contribution in [0.4, 0.5) is 0 Å². The highest BCUT2D eigenvalue weighted by Crippen LogP contribution is 2.39. The van der Waals surface area contributed by atoms with E-state index < -0.39 is 0 Å². The van der Waals surface area contributed by atoms with Gasteiger partial charge in [0.05, 0.1) is 17.0 Å². The fraction of sp³-hybridized carbons (Fsp3) is 0.500. The van der Waals surface area contributed by atoms with Gasteiger partial charge in [-0.3, -0.25) is 4.79 Å². The number of nitrogens with two attached hydrogens (primary N) is 1. The van der Waals surface area contributed by atoms with Crippen LogP contribution in [0.5, 0.6) is 0 Å². The number of hydrogen-bond donors (Lipinski definition) is 2. The van der Waals surface area contributed by atoms with Crippen LogP contribution in [-0.4, -0.2) is 18.0 Å². The third-order valence-corrected chi connectivity index (χ3v) is 4.05. The second kappa shape index (κ2) is 5.13. The maximum atomic E-state index is 12.1. The van der Waals surface area contributed by atoms with Gasteiger partial charge in [-0.25, -0.2) is 0 Å². The van der Waals surface area contributed by atoms with Crippen molar-refractivity contribution in [2.45, 2.75) is 32.2 Å². The summed E-state index contributed by atoms with van der Waals surface area (Å²) in [6.07, 6.45) is 2.42. The molecule has 3 N–H and O–H groups in total. The van der Waals surface area contributed by atoms with Crippen LogP contribution in [0, 0.1) is 17.8 Å². The Hall–Kier alpha value is -1.31. The molecule has 0 unspecified atom stereocenters. The van der Waals surface area contributed by atoms with E-state index in [1.54, 1.807) is 0 Å². The van der Waals surface area contributed by atoms with Crippen molar-refractivity contribution < 1.29 is 4.79 Å². The van der Waals surface area contributed by atoms with Crippen LogP contribution in [0.3, 0.4) is 0 Å². The Morgan fingerprint density at radius 2 is 2.33 bits per heavy atom. The molecule has 0 aliphatic heterocycles. The van der Waals surface area contributed by atoms with Crippen LogP contribution in [0.15, 0.2) is 11.4 Å². The van der Waals surface area contributed by atoms with Gasteiger partial charge in [0.25, 0.3) is 5.91 Å². The Morgan fingerprint density at radius 3 is 2.94 bits per heavy atom. The predicted octanol–water partition coefficient (Wildman–Crippen LogP) is 1.98. The Morgan fingerprint density at radius 1 is 1.61 bits per heavy atom. The first-order chi connectivity index (χ1) is 8.53. The summed E-state index contributed by atoms with van der Waals surface area (Å²) in [5, 5.41) is 4.94. The molecule has 0 spiro atoms. The summed E-state index contributed by atoms with van der Waals surface area (Å²) in [4.78, 5) is 13.0. The fourth-order valence-electron chi connectivity index (χ4n) is 1.93. The van der Waals surface area contributed by atoms with Crippen LogP contribution < -0.4 is 11.1 Å². The molecule has 2 rings (SSSR count). The molecule has 0 radical (unpaired) electrons. The van der Waals surface area contributed by atoms with E-state index >= 15 is 0 Å². The first kappa shape index (κ1) is 13.1. The molecule has 1 aliphatic carbocycles. The van der Waals surface area contributed by atoms with Crippen molar-refractivity contribution in [2.75, 3.05) is 6.54 Å². The number of amides is 1. The van der Waals surface area contributed by atoms with Crippen molar-refractivity contribution >= 4 is 17.2 Å². The van der Waals surface area contributed by atoms with Crippen molar-refractivity contribution in [1.29, 1.82) is 0 Å². The second-order valence-corrected chi connectivity index (χ2v) is 6.07. The second-order valence-electron chi connectivity index (χ2n) is 5.16. The molecule has 0 atom stereocenters. The van der Waals surface area contributed by atoms with Crippen molar-refractivity contribution in [1.82, 2.24) is 5.32 Å². The van der Waals surface area contributed by atoms with Crippen LogP contribution in [0.25, 0.3) is 0 Å². The molecule has 1 fully saturated rings. The normalized spacial score (nSPS) is 14.8. The van der Waals surface area contributed by atoms with Crippen molar-refractivity contribution in [3.05, 3.63) is 21.9 Å². The minimum atomic E-state index is -0.109. The summed E-state index contributed by atoms with van der Waals surface area (Å²) in [5.41, 5.74) is 5.90. The van der Waals surface area contributed by atoms with Crippen LogP contribution in [0.1, 0.15) is 41.9 Å². The van der Waals surface area contributed by atoms with Gasteiger partial charge >= 0.3 is 0 Å². The quantitative estimate of drug-likeness (QED) is 0.818. The van der Waals surface area contributed by atoms with Gasteiger partial charge in [-0.1, -0.05) is 11.8 Å². The first-order valence-corrected chi connectivity index (χ1v) is 7.01. The SMILES string of the molecule is CC(C)(NC(=O)c1csc(C#CCN)c1)C1CC1. The molecule has 3 nitrogen and oxygen atoms in total. The highest BCUT2D eigenvalue weighted by atomic mass is 32.1. The van der Waals surface area contributed by atoms with Gasteiger partial charge < -0.3 is 11.1 Å². The first-order valence-electron chi connectivity index (χ1n) is 6.13. The van der Waals surface area contributed by atoms with Crippen molar-refractivity contribution in [3.63, 3.8) is 0 Å². The molecule has 18 heavy (non-hydrogen) atoms. The van der Waals surface area contributed by atoms with E-state index in [9.17, 15) is 4.79 Å². The Kier molecular flexibility index (Phi) is 3.74. The van der Waals surface area contributed by atoms with Crippen molar-refractivity contribution in [3.8, 4) is 11.8 Å². The summed E-state index contributed by atoms with van der Waals surface area (Å²) in [7, 11) is 0. The Balaban J connectivity index is 2.02. The summed E-state index contributed by atoms with van der Waals surface area (Å²) in [6, 6.07) is 1.83. The van der Waals surface area contributed by atoms with E-state index in [0.717, 1.165) is 4.88 Å². The molecule has 1 aliphatic rings. The van der Waals surface area contributed by atoms with E-state index in [4.69, 9.17) is 5.73 Å². The van der Waals surface area contributed by atoms with Crippen LogP contribution >= 0.6 is 11.3 Å². The zero-order valence-electron chi connectivity index (χ0n) is 10.7. The van der Waals surface area contributed by atoms with Gasteiger partial charge in [-0.15, -0.1) is 11.3 Å². The number of nitrogens with one attached hydrogen (secondary N) is 1. The lowest BCUT2D eigenvalue weighted by Crippen LogP contribution is -2.45. The van der Waals surface area contributed by atoms with Crippen LogP contribution in [0.2, 0.25) is 0 Å². The minimum absolute atomic E-state index is 0.0102. The maximum absolute atomic E-state index is 12.1. The number of carbonyl (C=O) groups excluding carboxylic acids is 1. The Bertz CT molecular complexity index is 503. The molecular formula is C14H18N2OS. The average Bonchev–Trinajstić information content (AvgIpc) is 3.06.